The Morgan fingerprint density at radius 1 is 1.41 bits per heavy atom. The average molecular weight is 327 g/mol. The van der Waals surface area contributed by atoms with Gasteiger partial charge in [-0.15, -0.1) is 0 Å². The topological polar surface area (TPSA) is 145 Å². The maximum Gasteiger partial charge on any atom is 0.148 e. The van der Waals surface area contributed by atoms with Gasteiger partial charge in [-0.05, 0) is 32.3 Å². The molecule has 0 atom stereocenters. The number of aromatic amines is 1. The van der Waals surface area contributed by atoms with Crippen molar-refractivity contribution < 1.29 is 28.9 Å². The zero-order chi connectivity index (χ0) is 16.8. The van der Waals surface area contributed by atoms with Crippen molar-refractivity contribution in [3.05, 3.63) is 36.2 Å². The average Bonchev–Trinajstić information content (AvgIpc) is 2.80. The summed E-state index contributed by atoms with van der Waals surface area (Å²) in [7, 11) is -0.770. The number of nitrogens with zero attached hydrogens (tertiary/aromatic N) is 3. The molecule has 1 heterocycles. The first-order chi connectivity index (χ1) is 10.2. The summed E-state index contributed by atoms with van der Waals surface area (Å²) in [6.45, 7) is 0.722. The number of fused-ring (bicyclic) bond motifs is 1. The number of rotatable bonds is 3. The van der Waals surface area contributed by atoms with Crippen LogP contribution in [-0.4, -0.2) is 40.2 Å². The number of imidazole rings is 1. The minimum atomic E-state index is -4.69. The van der Waals surface area contributed by atoms with Gasteiger partial charge in [0.25, 0.3) is 0 Å². The van der Waals surface area contributed by atoms with E-state index in [1.807, 2.05) is 49.3 Å². The highest BCUT2D eigenvalue weighted by Gasteiger charge is 2.06. The van der Waals surface area contributed by atoms with E-state index in [1.54, 1.807) is 0 Å². The Morgan fingerprint density at radius 2 is 2.00 bits per heavy atom. The van der Waals surface area contributed by atoms with Crippen molar-refractivity contribution in [2.75, 3.05) is 20.6 Å². The minimum absolute atomic E-state index is 0.579. The number of para-hydroxylation sites is 2. The summed E-state index contributed by atoms with van der Waals surface area (Å²) >= 11 is 0. The van der Waals surface area contributed by atoms with Crippen LogP contribution in [0.25, 0.3) is 16.6 Å². The van der Waals surface area contributed by atoms with Crippen LogP contribution in [-0.2, 0) is 0 Å². The van der Waals surface area contributed by atoms with Crippen molar-refractivity contribution in [2.45, 2.75) is 0 Å². The number of likely N-dealkylation sites (N-methyl/N-ethyl adjacent to an activating group) is 1. The molecule has 0 fully saturated rings. The molecule has 0 amide bonds. The lowest BCUT2D eigenvalue weighted by atomic mass is 10.2. The Hall–Kier alpha value is -1.99. The molecule has 2 aromatic rings. The Morgan fingerprint density at radius 3 is 2.50 bits per heavy atom. The van der Waals surface area contributed by atoms with E-state index >= 15 is 0 Å². The van der Waals surface area contributed by atoms with Gasteiger partial charge in [-0.2, -0.15) is 19.2 Å². The summed E-state index contributed by atoms with van der Waals surface area (Å²) < 4.78 is 32.7. The molecule has 0 spiro atoms. The van der Waals surface area contributed by atoms with Gasteiger partial charge in [0.05, 0.1) is 31.5 Å². The fraction of sp³-hybridized carbons (Fsp3) is 0.231. The summed E-state index contributed by atoms with van der Waals surface area (Å²) in [6.07, 6.45) is 1.87. The summed E-state index contributed by atoms with van der Waals surface area (Å²) in [4.78, 5) is 9.55. The van der Waals surface area contributed by atoms with Gasteiger partial charge in [0.15, 0.2) is 0 Å². The quantitative estimate of drug-likeness (QED) is 0.615. The van der Waals surface area contributed by atoms with E-state index in [0.717, 1.165) is 17.6 Å². The molecule has 0 radical (unpaired) electrons. The number of allylic oxidation sites excluding steroid dienone is 1. The van der Waals surface area contributed by atoms with E-state index in [-0.39, 0.29) is 0 Å². The molecule has 9 heteroatoms. The van der Waals surface area contributed by atoms with Crippen molar-refractivity contribution in [1.29, 1.82) is 5.26 Å². The molecular weight excluding hydrogens is 312 g/mol. The largest absolute Gasteiger partial charge is 0.337 e. The molecule has 2 N–H and O–H groups in total. The van der Waals surface area contributed by atoms with Crippen LogP contribution in [0.2, 0.25) is 0 Å². The van der Waals surface area contributed by atoms with Crippen LogP contribution in [0.5, 0.6) is 0 Å². The number of aromatic nitrogens is 2. The molecule has 0 unspecified atom stereocenters. The number of hydrogen-bond donors (Lipinski definition) is 2. The Kier molecular flexibility index (Phi) is 6.45. The Labute approximate surface area is 129 Å². The SMILES string of the molecule is CN(C)C/C=C(\C#N)c1nc2ccccc2[nH]1.[O-][Cl+3]([O-])([O-])O. The second-order valence-corrected chi connectivity index (χ2v) is 5.28. The van der Waals surface area contributed by atoms with Crippen molar-refractivity contribution >= 4 is 16.6 Å². The summed E-state index contributed by atoms with van der Waals surface area (Å²) in [5, 5.41) is 9.12. The second kappa shape index (κ2) is 7.86. The third-order valence-corrected chi connectivity index (χ3v) is 2.43. The van der Waals surface area contributed by atoms with Crippen LogP contribution in [0, 0.1) is 21.6 Å². The van der Waals surface area contributed by atoms with E-state index in [2.05, 4.69) is 16.0 Å². The molecule has 0 saturated carbocycles. The number of nitrogens with one attached hydrogen (secondary N) is 1. The van der Waals surface area contributed by atoms with E-state index in [4.69, 9.17) is 23.9 Å². The van der Waals surface area contributed by atoms with Gasteiger partial charge in [-0.1, -0.05) is 12.1 Å². The number of hydrogen-bond acceptors (Lipinski definition) is 7. The lowest BCUT2D eigenvalue weighted by molar-refractivity contribution is -1.92. The van der Waals surface area contributed by atoms with Gasteiger partial charge >= 0.3 is 0 Å². The monoisotopic (exact) mass is 326 g/mol. The van der Waals surface area contributed by atoms with Crippen molar-refractivity contribution in [1.82, 2.24) is 14.9 Å². The molecule has 1 aromatic heterocycles. The highest BCUT2D eigenvalue weighted by Crippen LogP contribution is 2.16. The molecule has 0 saturated heterocycles. The molecule has 0 aliphatic heterocycles. The van der Waals surface area contributed by atoms with Crippen LogP contribution in [0.3, 0.4) is 0 Å². The molecule has 0 bridgehead atoms. The maximum atomic E-state index is 9.12. The highest BCUT2D eigenvalue weighted by molar-refractivity contribution is 5.82. The Balaban J connectivity index is 0.000000422. The third kappa shape index (κ3) is 6.64. The predicted molar refractivity (Wildman–Crippen MR) is 70.5 cm³/mol. The molecule has 22 heavy (non-hydrogen) atoms. The number of H-pyrrole nitrogens is 1. The first kappa shape index (κ1) is 18.1. The van der Waals surface area contributed by atoms with E-state index in [0.29, 0.717) is 11.4 Å². The van der Waals surface area contributed by atoms with Crippen molar-refractivity contribution in [3.63, 3.8) is 0 Å². The fourth-order valence-electron chi connectivity index (χ4n) is 1.55. The van der Waals surface area contributed by atoms with Crippen LogP contribution in [0.15, 0.2) is 30.3 Å². The number of halogens is 1. The van der Waals surface area contributed by atoms with Crippen LogP contribution >= 0.6 is 0 Å². The first-order valence-electron chi connectivity index (χ1n) is 6.04. The molecular formula is C13H15ClN4O4. The van der Waals surface area contributed by atoms with Crippen molar-refractivity contribution in [2.24, 2.45) is 0 Å². The van der Waals surface area contributed by atoms with E-state index in [1.165, 1.54) is 0 Å². The summed E-state index contributed by atoms with van der Waals surface area (Å²) in [5.41, 5.74) is 2.41. The first-order valence-corrected chi connectivity index (χ1v) is 7.30. The molecule has 2 rings (SSSR count). The summed E-state index contributed by atoms with van der Waals surface area (Å²) in [6, 6.07) is 9.93. The van der Waals surface area contributed by atoms with Crippen LogP contribution < -0.4 is 14.0 Å². The van der Waals surface area contributed by atoms with Gasteiger partial charge < -0.3 is 9.88 Å². The molecule has 118 valence electrons. The molecule has 0 aliphatic carbocycles. The van der Waals surface area contributed by atoms with Crippen LogP contribution in [0.1, 0.15) is 5.82 Å². The van der Waals surface area contributed by atoms with Gasteiger partial charge in [0.1, 0.15) is 11.9 Å². The predicted octanol–water partition coefficient (Wildman–Crippen LogP) is -2.09. The normalized spacial score (nSPS) is 12.0. The summed E-state index contributed by atoms with van der Waals surface area (Å²) in [5.74, 6) is 0.635. The fourth-order valence-corrected chi connectivity index (χ4v) is 1.55. The number of nitriles is 1. The molecule has 1 aromatic carbocycles. The second-order valence-electron chi connectivity index (χ2n) is 4.49. The van der Waals surface area contributed by atoms with Gasteiger partial charge in [0.2, 0.25) is 0 Å². The lowest BCUT2D eigenvalue weighted by Gasteiger charge is -2.04. The zero-order valence-electron chi connectivity index (χ0n) is 12.0. The highest BCUT2D eigenvalue weighted by atomic mass is 35.7. The molecule has 8 nitrogen and oxygen atoms in total. The minimum Gasteiger partial charge on any atom is -0.337 e. The molecule has 0 aliphatic rings. The standard InChI is InChI=1S/C13H14N4.ClHO4/c1-17(2)8-7-10(9-14)13-15-11-5-3-4-6-12(11)16-13;2-1(3,4)5/h3-7H,8H2,1-2H3,(H,15,16);(H,2,3,4,5)/b10-7+;. The van der Waals surface area contributed by atoms with E-state index < -0.39 is 10.2 Å². The third-order valence-electron chi connectivity index (χ3n) is 2.43. The van der Waals surface area contributed by atoms with Gasteiger partial charge in [-0.3, -0.25) is 0 Å². The Bertz CT molecular complexity index is 646. The van der Waals surface area contributed by atoms with Gasteiger partial charge in [-0.25, -0.2) is 4.98 Å². The lowest BCUT2D eigenvalue weighted by Crippen LogP contribution is -2.58. The van der Waals surface area contributed by atoms with Gasteiger partial charge in [0, 0.05) is 6.54 Å². The maximum absolute atomic E-state index is 9.12. The van der Waals surface area contributed by atoms with Crippen LogP contribution in [0.4, 0.5) is 0 Å². The zero-order valence-corrected chi connectivity index (χ0v) is 12.7. The number of benzene rings is 1. The smallest absolute Gasteiger partial charge is 0.148 e. The van der Waals surface area contributed by atoms with Crippen molar-refractivity contribution in [3.8, 4) is 6.07 Å². The van der Waals surface area contributed by atoms with E-state index in [9.17, 15) is 0 Å².